The molecule has 6 nitrogen and oxygen atoms in total. The van der Waals surface area contributed by atoms with Crippen molar-refractivity contribution >= 4 is 10.8 Å². The zero-order valence-corrected chi connectivity index (χ0v) is 32.5. The van der Waals surface area contributed by atoms with E-state index in [0.717, 1.165) is 61.2 Å². The summed E-state index contributed by atoms with van der Waals surface area (Å²) in [6.07, 6.45) is 6.51. The molecule has 9 aromatic rings. The molecule has 11 rings (SSSR count). The van der Waals surface area contributed by atoms with E-state index in [4.69, 9.17) is 29.9 Å². The molecule has 2 bridgehead atoms. The molecule has 2 heterocycles. The first-order valence-electron chi connectivity index (χ1n) is 20.6. The second-order valence-corrected chi connectivity index (χ2v) is 16.0. The molecule has 0 spiro atoms. The van der Waals surface area contributed by atoms with Gasteiger partial charge in [-0.15, -0.1) is 0 Å². The van der Waals surface area contributed by atoms with Gasteiger partial charge in [-0.2, -0.15) is 0 Å². The largest absolute Gasteiger partial charge is 0.208 e. The van der Waals surface area contributed by atoms with Gasteiger partial charge in [0.25, 0.3) is 0 Å². The van der Waals surface area contributed by atoms with E-state index >= 15 is 0 Å². The summed E-state index contributed by atoms with van der Waals surface area (Å²) in [5, 5.41) is 2.01. The highest BCUT2D eigenvalue weighted by atomic mass is 15.0. The van der Waals surface area contributed by atoms with Crippen molar-refractivity contribution in [3.8, 4) is 79.5 Å². The highest BCUT2D eigenvalue weighted by molar-refractivity contribution is 6.03. The van der Waals surface area contributed by atoms with Crippen molar-refractivity contribution in [1.29, 1.82) is 0 Å². The molecule has 2 aliphatic rings. The van der Waals surface area contributed by atoms with Gasteiger partial charge in [-0.25, -0.2) is 29.9 Å². The van der Waals surface area contributed by atoms with E-state index in [1.807, 2.05) is 54.6 Å². The number of rotatable bonds is 8. The van der Waals surface area contributed by atoms with Crippen LogP contribution in [0.3, 0.4) is 0 Å². The Morgan fingerprint density at radius 3 is 1.25 bits per heavy atom. The number of hydrogen-bond acceptors (Lipinski definition) is 6. The summed E-state index contributed by atoms with van der Waals surface area (Å²) in [5.74, 6) is 4.65. The summed E-state index contributed by atoms with van der Waals surface area (Å²) in [7, 11) is 0. The van der Waals surface area contributed by atoms with Crippen molar-refractivity contribution in [2.75, 3.05) is 0 Å². The molecule has 2 fully saturated rings. The van der Waals surface area contributed by atoms with Gasteiger partial charge < -0.3 is 0 Å². The van der Waals surface area contributed by atoms with E-state index in [-0.39, 0.29) is 5.41 Å². The van der Waals surface area contributed by atoms with Crippen molar-refractivity contribution in [1.82, 2.24) is 29.9 Å². The van der Waals surface area contributed by atoms with Gasteiger partial charge in [-0.3, -0.25) is 0 Å². The van der Waals surface area contributed by atoms with E-state index in [9.17, 15) is 0 Å². The lowest BCUT2D eigenvalue weighted by Gasteiger charge is -2.27. The maximum Gasteiger partial charge on any atom is 0.164 e. The predicted octanol–water partition coefficient (Wildman–Crippen LogP) is 12.7. The molecule has 59 heavy (non-hydrogen) atoms. The minimum Gasteiger partial charge on any atom is -0.208 e. The van der Waals surface area contributed by atoms with Gasteiger partial charge in [0.2, 0.25) is 0 Å². The number of aromatic nitrogens is 6. The average Bonchev–Trinajstić information content (AvgIpc) is 3.95. The third-order valence-corrected chi connectivity index (χ3v) is 12.4. The molecule has 0 N–H and O–H groups in total. The smallest absolute Gasteiger partial charge is 0.164 e. The molecule has 0 saturated heterocycles. The highest BCUT2D eigenvalue weighted by Gasteiger charge is 2.45. The topological polar surface area (TPSA) is 77.3 Å². The molecular weight excluding hydrogens is 721 g/mol. The van der Waals surface area contributed by atoms with Gasteiger partial charge in [0.1, 0.15) is 0 Å². The van der Waals surface area contributed by atoms with E-state index in [2.05, 4.69) is 121 Å². The Balaban J connectivity index is 1.06. The number of benzene rings is 7. The maximum absolute atomic E-state index is 5.26. The molecule has 282 valence electrons. The van der Waals surface area contributed by atoms with Crippen LogP contribution in [0.2, 0.25) is 0 Å². The summed E-state index contributed by atoms with van der Waals surface area (Å²) >= 11 is 0. The zero-order valence-electron chi connectivity index (χ0n) is 32.5. The summed E-state index contributed by atoms with van der Waals surface area (Å²) in [4.78, 5) is 30.9. The van der Waals surface area contributed by atoms with Crippen LogP contribution in [0, 0.1) is 5.92 Å². The van der Waals surface area contributed by atoms with Gasteiger partial charge in [0.15, 0.2) is 34.9 Å². The normalized spacial score (nSPS) is 17.1. The fourth-order valence-electron chi connectivity index (χ4n) is 9.43. The van der Waals surface area contributed by atoms with Crippen LogP contribution in [0.5, 0.6) is 0 Å². The molecule has 7 aromatic carbocycles. The van der Waals surface area contributed by atoms with Crippen molar-refractivity contribution in [2.45, 2.75) is 37.5 Å². The molecular formula is C53H40N6. The third kappa shape index (κ3) is 6.57. The Morgan fingerprint density at radius 1 is 0.339 bits per heavy atom. The van der Waals surface area contributed by atoms with Crippen LogP contribution in [0.15, 0.2) is 176 Å². The van der Waals surface area contributed by atoms with Crippen LogP contribution >= 0.6 is 0 Å². The van der Waals surface area contributed by atoms with Crippen molar-refractivity contribution in [2.24, 2.45) is 5.92 Å². The molecule has 2 aromatic heterocycles. The molecule has 6 heteroatoms. The Bertz CT molecular complexity index is 2980. The molecule has 0 unspecified atom stereocenters. The third-order valence-electron chi connectivity index (χ3n) is 12.4. The summed E-state index contributed by atoms with van der Waals surface area (Å²) < 4.78 is 0. The van der Waals surface area contributed by atoms with Crippen LogP contribution in [-0.4, -0.2) is 29.9 Å². The van der Waals surface area contributed by atoms with Gasteiger partial charge >= 0.3 is 0 Å². The average molecular weight is 761 g/mol. The lowest BCUT2D eigenvalue weighted by atomic mass is 9.77. The number of nitrogens with zero attached hydrogens (tertiary/aromatic N) is 6. The monoisotopic (exact) mass is 760 g/mol. The van der Waals surface area contributed by atoms with Crippen LogP contribution in [0.25, 0.3) is 90.2 Å². The van der Waals surface area contributed by atoms with E-state index in [1.165, 1.54) is 37.7 Å². The van der Waals surface area contributed by atoms with Crippen molar-refractivity contribution in [3.63, 3.8) is 0 Å². The molecule has 0 aliphatic heterocycles. The van der Waals surface area contributed by atoms with E-state index < -0.39 is 0 Å². The Morgan fingerprint density at radius 2 is 0.746 bits per heavy atom. The van der Waals surface area contributed by atoms with Gasteiger partial charge in [0.05, 0.1) is 0 Å². The molecule has 0 radical (unpaired) electrons. The highest BCUT2D eigenvalue weighted by Crippen LogP contribution is 2.55. The SMILES string of the molecule is c1ccc(-c2cccc(-c3nc(-c4ccccc4)nc(-c4ccc(-c5nc(-c6ccccc6)nc(-c6cccc(C78CCC(CC7)C8)c6)n5)c5ccccc45)n3)c2)cc1. The van der Waals surface area contributed by atoms with Crippen molar-refractivity contribution in [3.05, 3.63) is 181 Å². The van der Waals surface area contributed by atoms with Crippen LogP contribution < -0.4 is 0 Å². The van der Waals surface area contributed by atoms with Crippen LogP contribution in [-0.2, 0) is 5.41 Å². The van der Waals surface area contributed by atoms with Gasteiger partial charge in [-0.05, 0) is 95.2 Å². The predicted molar refractivity (Wildman–Crippen MR) is 237 cm³/mol. The second kappa shape index (κ2) is 14.6. The summed E-state index contributed by atoms with van der Waals surface area (Å²) in [6.45, 7) is 0. The first-order chi connectivity index (χ1) is 29.2. The fraction of sp³-hybridized carbons (Fsp3) is 0.132. The lowest BCUT2D eigenvalue weighted by molar-refractivity contribution is 0.419. The van der Waals surface area contributed by atoms with E-state index in [1.54, 1.807) is 0 Å². The van der Waals surface area contributed by atoms with Gasteiger partial charge in [-0.1, -0.05) is 152 Å². The first kappa shape index (κ1) is 35.0. The number of hydrogen-bond donors (Lipinski definition) is 0. The standard InChI is InChI=1S/C53H40N6/c1-4-14-36(15-5-1)39-20-12-21-40(32-39)49-54-47(37-16-6-2-7-17-37)56-51(58-49)45-26-27-46(44-25-11-10-24-43(44)45)52-57-48(38-18-8-3-9-19-38)55-50(59-52)41-22-13-23-42(33-41)53-30-28-35(34-53)29-31-53/h1-27,32-33,35H,28-31,34H2. The van der Waals surface area contributed by atoms with Gasteiger partial charge in [0, 0.05) is 33.4 Å². The van der Waals surface area contributed by atoms with Crippen LogP contribution in [0.4, 0.5) is 0 Å². The Labute approximate surface area is 343 Å². The number of fused-ring (bicyclic) bond motifs is 3. The molecule has 2 aliphatic carbocycles. The first-order valence-corrected chi connectivity index (χ1v) is 20.6. The molecule has 2 saturated carbocycles. The fourth-order valence-corrected chi connectivity index (χ4v) is 9.43. The van der Waals surface area contributed by atoms with Crippen molar-refractivity contribution < 1.29 is 0 Å². The Hall–Kier alpha value is -7.18. The Kier molecular flexibility index (Phi) is 8.69. The summed E-state index contributed by atoms with van der Waals surface area (Å²) in [6, 6.07) is 60.8. The maximum atomic E-state index is 5.26. The molecule has 0 atom stereocenters. The lowest BCUT2D eigenvalue weighted by Crippen LogP contribution is -2.19. The van der Waals surface area contributed by atoms with E-state index in [0.29, 0.717) is 34.9 Å². The van der Waals surface area contributed by atoms with Crippen LogP contribution in [0.1, 0.15) is 37.7 Å². The summed E-state index contributed by atoms with van der Waals surface area (Å²) in [5.41, 5.74) is 9.58. The quantitative estimate of drug-likeness (QED) is 0.153. The zero-order chi connectivity index (χ0) is 39.2. The second-order valence-electron chi connectivity index (χ2n) is 16.0. The minimum atomic E-state index is 0.283. The minimum absolute atomic E-state index is 0.283. The molecule has 0 amide bonds.